The van der Waals surface area contributed by atoms with E-state index in [2.05, 4.69) is 10.3 Å². The van der Waals surface area contributed by atoms with Gasteiger partial charge in [-0.2, -0.15) is 26.3 Å². The van der Waals surface area contributed by atoms with Crippen molar-refractivity contribution in [3.8, 4) is 0 Å². The van der Waals surface area contributed by atoms with Gasteiger partial charge in [0, 0.05) is 24.7 Å². The molecule has 7 nitrogen and oxygen atoms in total. The molecule has 214 valence electrons. The molecule has 40 heavy (non-hydrogen) atoms. The third-order valence-corrected chi connectivity index (χ3v) is 7.32. The molecule has 5 rings (SSSR count). The van der Waals surface area contributed by atoms with Crippen LogP contribution >= 0.6 is 11.6 Å². The molecule has 0 saturated carbocycles. The number of hydrogen-bond acceptors (Lipinski definition) is 5. The number of carbonyl (C=O) groups excluding carboxylic acids is 1. The minimum absolute atomic E-state index is 0.0381. The summed E-state index contributed by atoms with van der Waals surface area (Å²) in [4.78, 5) is 17.2. The van der Waals surface area contributed by atoms with E-state index in [0.29, 0.717) is 62.8 Å². The lowest BCUT2D eigenvalue weighted by atomic mass is 10.0. The van der Waals surface area contributed by atoms with Crippen LogP contribution in [0.3, 0.4) is 0 Å². The second kappa shape index (κ2) is 10.9. The standard InChI is InChI=1S/C26H24ClF6N5O2/c27-20-5-2-1-4-19(20)21-6-3-7-37(21)24(39)22-23(36-8-10-40-11-9-36)38(35-34-22)15-16-12-17(25(28,29)30)14-18(13-16)26(31,32)33/h1-2,4-5,12-14,21H,3,6-11,15H2. The van der Waals surface area contributed by atoms with Gasteiger partial charge in [0.2, 0.25) is 0 Å². The zero-order valence-corrected chi connectivity index (χ0v) is 21.7. The van der Waals surface area contributed by atoms with Gasteiger partial charge in [-0.15, -0.1) is 5.10 Å². The second-order valence-electron chi connectivity index (χ2n) is 9.61. The van der Waals surface area contributed by atoms with Gasteiger partial charge in [0.25, 0.3) is 5.91 Å². The Labute approximate surface area is 230 Å². The molecule has 0 N–H and O–H groups in total. The van der Waals surface area contributed by atoms with Gasteiger partial charge in [0.15, 0.2) is 11.5 Å². The Morgan fingerprint density at radius 2 is 1.62 bits per heavy atom. The fraction of sp³-hybridized carbons (Fsp3) is 0.423. The normalized spacial score (nSPS) is 18.4. The van der Waals surface area contributed by atoms with E-state index in [-0.39, 0.29) is 29.2 Å². The summed E-state index contributed by atoms with van der Waals surface area (Å²) in [5.41, 5.74) is -2.40. The van der Waals surface area contributed by atoms with Gasteiger partial charge in [-0.05, 0) is 48.2 Å². The topological polar surface area (TPSA) is 63.5 Å². The summed E-state index contributed by atoms with van der Waals surface area (Å²) in [7, 11) is 0. The molecule has 0 aliphatic carbocycles. The van der Waals surface area contributed by atoms with Crippen molar-refractivity contribution in [2.75, 3.05) is 37.7 Å². The largest absolute Gasteiger partial charge is 0.416 e. The SMILES string of the molecule is O=C(c1nnn(Cc2cc(C(F)(F)F)cc(C(F)(F)F)c2)c1N1CCOCC1)N1CCCC1c1ccccc1Cl. The van der Waals surface area contributed by atoms with E-state index >= 15 is 0 Å². The number of carbonyl (C=O) groups is 1. The average Bonchev–Trinajstić information content (AvgIpc) is 3.56. The van der Waals surface area contributed by atoms with Gasteiger partial charge in [0.1, 0.15) is 0 Å². The number of morpholine rings is 1. The predicted molar refractivity (Wildman–Crippen MR) is 133 cm³/mol. The lowest BCUT2D eigenvalue weighted by Crippen LogP contribution is -2.40. The number of hydrogen-bond donors (Lipinski definition) is 0. The van der Waals surface area contributed by atoms with Crippen LogP contribution in [-0.4, -0.2) is 58.6 Å². The summed E-state index contributed by atoms with van der Waals surface area (Å²) < 4.78 is 87.3. The van der Waals surface area contributed by atoms with Crippen LogP contribution in [0.25, 0.3) is 0 Å². The first-order valence-corrected chi connectivity index (χ1v) is 12.9. The Morgan fingerprint density at radius 1 is 0.975 bits per heavy atom. The van der Waals surface area contributed by atoms with E-state index in [9.17, 15) is 31.1 Å². The first-order chi connectivity index (χ1) is 18.9. The molecule has 2 fully saturated rings. The van der Waals surface area contributed by atoms with Crippen molar-refractivity contribution in [3.05, 3.63) is 75.4 Å². The minimum atomic E-state index is -4.99. The Hall–Kier alpha value is -3.32. The molecule has 1 unspecified atom stereocenters. The van der Waals surface area contributed by atoms with Crippen LogP contribution in [0.2, 0.25) is 5.02 Å². The number of amides is 1. The molecule has 0 bridgehead atoms. The molecule has 2 aliphatic heterocycles. The van der Waals surface area contributed by atoms with E-state index in [0.717, 1.165) is 5.56 Å². The van der Waals surface area contributed by atoms with Crippen LogP contribution < -0.4 is 4.90 Å². The number of halogens is 7. The maximum absolute atomic E-state index is 13.9. The van der Waals surface area contributed by atoms with Crippen molar-refractivity contribution < 1.29 is 35.9 Å². The monoisotopic (exact) mass is 587 g/mol. The first kappa shape index (κ1) is 28.2. The second-order valence-corrected chi connectivity index (χ2v) is 10.0. The Bertz CT molecular complexity index is 1350. The minimum Gasteiger partial charge on any atom is -0.378 e. The smallest absolute Gasteiger partial charge is 0.378 e. The predicted octanol–water partition coefficient (Wildman–Crippen LogP) is 5.83. The lowest BCUT2D eigenvalue weighted by Gasteiger charge is -2.30. The van der Waals surface area contributed by atoms with Gasteiger partial charge >= 0.3 is 12.4 Å². The molecule has 2 aromatic carbocycles. The van der Waals surface area contributed by atoms with Gasteiger partial charge < -0.3 is 14.5 Å². The Morgan fingerprint density at radius 3 is 2.25 bits per heavy atom. The molecular weight excluding hydrogens is 564 g/mol. The van der Waals surface area contributed by atoms with E-state index in [4.69, 9.17) is 16.3 Å². The van der Waals surface area contributed by atoms with Gasteiger partial charge in [0.05, 0.1) is 36.9 Å². The van der Waals surface area contributed by atoms with Crippen LogP contribution in [0, 0.1) is 0 Å². The molecule has 0 radical (unpaired) electrons. The maximum atomic E-state index is 13.9. The van der Waals surface area contributed by atoms with Crippen LogP contribution in [-0.2, 0) is 23.6 Å². The zero-order chi connectivity index (χ0) is 28.7. The van der Waals surface area contributed by atoms with Crippen molar-refractivity contribution in [3.63, 3.8) is 0 Å². The third kappa shape index (κ3) is 5.75. The number of nitrogens with zero attached hydrogens (tertiary/aromatic N) is 5. The highest BCUT2D eigenvalue weighted by molar-refractivity contribution is 6.31. The van der Waals surface area contributed by atoms with Crippen LogP contribution in [0.15, 0.2) is 42.5 Å². The number of anilines is 1. The fourth-order valence-electron chi connectivity index (χ4n) is 5.14. The van der Waals surface area contributed by atoms with E-state index in [1.165, 1.54) is 4.68 Å². The molecule has 2 aliphatic rings. The summed E-state index contributed by atoms with van der Waals surface area (Å²) >= 11 is 6.40. The highest BCUT2D eigenvalue weighted by Crippen LogP contribution is 2.39. The van der Waals surface area contributed by atoms with Gasteiger partial charge in [-0.25, -0.2) is 4.68 Å². The molecule has 1 aromatic heterocycles. The Kier molecular flexibility index (Phi) is 7.71. The zero-order valence-electron chi connectivity index (χ0n) is 21.0. The summed E-state index contributed by atoms with van der Waals surface area (Å²) in [5.74, 6) is -0.237. The van der Waals surface area contributed by atoms with Crippen molar-refractivity contribution in [2.24, 2.45) is 0 Å². The molecule has 1 amide bonds. The highest BCUT2D eigenvalue weighted by atomic mass is 35.5. The molecule has 3 heterocycles. The van der Waals surface area contributed by atoms with Crippen molar-refractivity contribution >= 4 is 23.3 Å². The summed E-state index contributed by atoms with van der Waals surface area (Å²) in [6.45, 7) is 1.25. The average molecular weight is 588 g/mol. The molecule has 1 atom stereocenters. The number of alkyl halides is 6. The molecule has 14 heteroatoms. The van der Waals surface area contributed by atoms with Crippen molar-refractivity contribution in [1.82, 2.24) is 19.9 Å². The van der Waals surface area contributed by atoms with Crippen LogP contribution in [0.4, 0.5) is 32.2 Å². The quantitative estimate of drug-likeness (QED) is 0.352. The van der Waals surface area contributed by atoms with E-state index < -0.39 is 35.9 Å². The number of rotatable bonds is 5. The molecule has 0 spiro atoms. The fourth-order valence-corrected chi connectivity index (χ4v) is 5.40. The summed E-state index contributed by atoms with van der Waals surface area (Å²) in [6.07, 6.45) is -8.60. The Balaban J connectivity index is 1.54. The lowest BCUT2D eigenvalue weighted by molar-refractivity contribution is -0.143. The number of aromatic nitrogens is 3. The van der Waals surface area contributed by atoms with E-state index in [1.807, 2.05) is 12.1 Å². The first-order valence-electron chi connectivity index (χ1n) is 12.5. The summed E-state index contributed by atoms with van der Waals surface area (Å²) in [6, 6.07) is 8.23. The maximum Gasteiger partial charge on any atom is 0.416 e. The van der Waals surface area contributed by atoms with E-state index in [1.54, 1.807) is 21.9 Å². The number of likely N-dealkylation sites (tertiary alicyclic amines) is 1. The van der Waals surface area contributed by atoms with Crippen LogP contribution in [0.1, 0.15) is 51.6 Å². The number of benzene rings is 2. The van der Waals surface area contributed by atoms with Gasteiger partial charge in [-0.1, -0.05) is 35.0 Å². The van der Waals surface area contributed by atoms with Gasteiger partial charge in [-0.3, -0.25) is 4.79 Å². The third-order valence-electron chi connectivity index (χ3n) is 6.98. The highest BCUT2D eigenvalue weighted by Gasteiger charge is 2.38. The summed E-state index contributed by atoms with van der Waals surface area (Å²) in [5, 5.41) is 8.62. The molecule has 3 aromatic rings. The van der Waals surface area contributed by atoms with Crippen LogP contribution in [0.5, 0.6) is 0 Å². The molecule has 2 saturated heterocycles. The number of ether oxygens (including phenoxy) is 1. The van der Waals surface area contributed by atoms with Crippen molar-refractivity contribution in [2.45, 2.75) is 37.8 Å². The molecular formula is C26H24ClF6N5O2. The van der Waals surface area contributed by atoms with Crippen molar-refractivity contribution in [1.29, 1.82) is 0 Å².